The lowest BCUT2D eigenvalue weighted by atomic mass is 9.86. The molecule has 1 aliphatic heterocycles. The van der Waals surface area contributed by atoms with Gasteiger partial charge < -0.3 is 24.8 Å². The molecule has 0 aliphatic carbocycles. The SMILES string of the molecule is CNC(=O)C(NC(=O)c1nc(-c2cc(OC(F)(F)F)ccc2Cl)n2c1CN(C)CCC2)C(C)(C)C. The molecule has 8 nitrogen and oxygen atoms in total. The number of rotatable bonds is 5. The fourth-order valence-corrected chi connectivity index (χ4v) is 4.20. The van der Waals surface area contributed by atoms with Gasteiger partial charge >= 0.3 is 6.36 Å². The van der Waals surface area contributed by atoms with Crippen molar-refractivity contribution in [3.8, 4) is 17.1 Å². The van der Waals surface area contributed by atoms with E-state index in [1.807, 2.05) is 32.7 Å². The highest BCUT2D eigenvalue weighted by molar-refractivity contribution is 6.33. The van der Waals surface area contributed by atoms with E-state index >= 15 is 0 Å². The first-order valence-electron chi connectivity index (χ1n) is 11.1. The molecule has 1 unspecified atom stereocenters. The number of ether oxygens (including phenoxy) is 1. The Balaban J connectivity index is 2.11. The standard InChI is InChI=1S/C23H29ClF3N5O3/c1-22(2,3)18(21(34)28-4)30-20(33)17-16-12-31(5)9-6-10-32(16)19(29-17)14-11-13(7-8-15(14)24)35-23(25,26)27/h7-8,11,18H,6,9-10,12H2,1-5H3,(H,28,34)(H,30,33). The number of nitrogens with one attached hydrogen (secondary N) is 2. The number of hydrogen-bond donors (Lipinski definition) is 2. The number of fused-ring (bicyclic) bond motifs is 1. The molecule has 0 saturated carbocycles. The Kier molecular flexibility index (Phi) is 7.71. The lowest BCUT2D eigenvalue weighted by Crippen LogP contribution is -2.53. The van der Waals surface area contributed by atoms with E-state index in [0.717, 1.165) is 25.1 Å². The normalized spacial score (nSPS) is 15.7. The topological polar surface area (TPSA) is 88.5 Å². The van der Waals surface area contributed by atoms with Crippen LogP contribution in [0.1, 0.15) is 43.4 Å². The molecule has 2 aromatic rings. The van der Waals surface area contributed by atoms with Crippen LogP contribution in [0.2, 0.25) is 5.02 Å². The Bertz CT molecular complexity index is 1110. The molecule has 2 N–H and O–H groups in total. The minimum atomic E-state index is -4.87. The van der Waals surface area contributed by atoms with Gasteiger partial charge in [-0.3, -0.25) is 9.59 Å². The molecule has 3 rings (SSSR count). The van der Waals surface area contributed by atoms with Crippen LogP contribution in [0.15, 0.2) is 18.2 Å². The van der Waals surface area contributed by atoms with Crippen LogP contribution in [-0.2, 0) is 17.9 Å². The summed E-state index contributed by atoms with van der Waals surface area (Å²) in [5, 5.41) is 5.50. The number of carbonyl (C=O) groups is 2. The van der Waals surface area contributed by atoms with Crippen molar-refractivity contribution in [3.05, 3.63) is 34.6 Å². The number of hydrogen-bond acceptors (Lipinski definition) is 5. The van der Waals surface area contributed by atoms with Crippen LogP contribution < -0.4 is 15.4 Å². The Morgan fingerprint density at radius 2 is 1.89 bits per heavy atom. The van der Waals surface area contributed by atoms with Crippen molar-refractivity contribution in [1.29, 1.82) is 0 Å². The number of benzene rings is 1. The van der Waals surface area contributed by atoms with Crippen molar-refractivity contribution in [2.24, 2.45) is 5.41 Å². The fourth-order valence-electron chi connectivity index (χ4n) is 4.00. The van der Waals surface area contributed by atoms with Crippen LogP contribution in [0.5, 0.6) is 5.75 Å². The van der Waals surface area contributed by atoms with Gasteiger partial charge in [0.2, 0.25) is 5.91 Å². The Hall–Kier alpha value is -2.79. The van der Waals surface area contributed by atoms with E-state index < -0.39 is 29.5 Å². The third-order valence-electron chi connectivity index (χ3n) is 5.69. The highest BCUT2D eigenvalue weighted by Crippen LogP contribution is 2.35. The summed E-state index contributed by atoms with van der Waals surface area (Å²) in [5.74, 6) is -1.10. The van der Waals surface area contributed by atoms with Crippen molar-refractivity contribution in [2.45, 2.75) is 52.7 Å². The summed E-state index contributed by atoms with van der Waals surface area (Å²) in [5.41, 5.74) is 0.292. The zero-order chi connectivity index (χ0) is 26.1. The van der Waals surface area contributed by atoms with Gasteiger partial charge in [-0.1, -0.05) is 32.4 Å². The zero-order valence-corrected chi connectivity index (χ0v) is 21.0. The highest BCUT2D eigenvalue weighted by atomic mass is 35.5. The molecule has 1 aromatic carbocycles. The lowest BCUT2D eigenvalue weighted by molar-refractivity contribution is -0.274. The second-order valence-electron chi connectivity index (χ2n) is 9.55. The van der Waals surface area contributed by atoms with Crippen molar-refractivity contribution >= 4 is 23.4 Å². The van der Waals surface area contributed by atoms with Crippen molar-refractivity contribution < 1.29 is 27.5 Å². The third kappa shape index (κ3) is 6.26. The summed E-state index contributed by atoms with van der Waals surface area (Å²) >= 11 is 6.35. The molecule has 2 amide bonds. The molecule has 192 valence electrons. The maximum atomic E-state index is 13.4. The second kappa shape index (κ2) is 10.1. The number of imidazole rings is 1. The van der Waals surface area contributed by atoms with E-state index in [-0.39, 0.29) is 28.0 Å². The maximum absolute atomic E-state index is 13.4. The van der Waals surface area contributed by atoms with Gasteiger partial charge in [-0.2, -0.15) is 0 Å². The fraction of sp³-hybridized carbons (Fsp3) is 0.522. The lowest BCUT2D eigenvalue weighted by Gasteiger charge is -2.29. The summed E-state index contributed by atoms with van der Waals surface area (Å²) in [6.07, 6.45) is -4.14. The quantitative estimate of drug-likeness (QED) is 0.632. The predicted octanol–water partition coefficient (Wildman–Crippen LogP) is 3.83. The van der Waals surface area contributed by atoms with E-state index in [1.54, 1.807) is 4.57 Å². The van der Waals surface area contributed by atoms with Gasteiger partial charge in [0.1, 0.15) is 17.6 Å². The number of alkyl halides is 3. The van der Waals surface area contributed by atoms with Gasteiger partial charge in [0, 0.05) is 25.7 Å². The minimum Gasteiger partial charge on any atom is -0.406 e. The van der Waals surface area contributed by atoms with Crippen LogP contribution in [0.3, 0.4) is 0 Å². The van der Waals surface area contributed by atoms with Crippen molar-refractivity contribution in [2.75, 3.05) is 20.6 Å². The summed E-state index contributed by atoms with van der Waals surface area (Å²) in [7, 11) is 3.39. The predicted molar refractivity (Wildman–Crippen MR) is 125 cm³/mol. The largest absolute Gasteiger partial charge is 0.573 e. The van der Waals surface area contributed by atoms with Crippen LogP contribution in [0.25, 0.3) is 11.4 Å². The monoisotopic (exact) mass is 515 g/mol. The number of carbonyl (C=O) groups excluding carboxylic acids is 2. The zero-order valence-electron chi connectivity index (χ0n) is 20.2. The molecule has 35 heavy (non-hydrogen) atoms. The molecule has 1 aromatic heterocycles. The molecular formula is C23H29ClF3N5O3. The molecule has 0 bridgehead atoms. The van der Waals surface area contributed by atoms with Gasteiger partial charge in [-0.05, 0) is 43.6 Å². The average Bonchev–Trinajstić information content (AvgIpc) is 2.97. The van der Waals surface area contributed by atoms with Crippen LogP contribution in [-0.4, -0.2) is 59.3 Å². The van der Waals surface area contributed by atoms with E-state index in [1.165, 1.54) is 13.1 Å². The first kappa shape index (κ1) is 26.8. The molecular weight excluding hydrogens is 487 g/mol. The van der Waals surface area contributed by atoms with Crippen LogP contribution >= 0.6 is 11.6 Å². The summed E-state index contributed by atoms with van der Waals surface area (Å²) in [6, 6.07) is 2.73. The molecule has 0 saturated heterocycles. The maximum Gasteiger partial charge on any atom is 0.573 e. The average molecular weight is 516 g/mol. The van der Waals surface area contributed by atoms with E-state index in [2.05, 4.69) is 20.4 Å². The third-order valence-corrected chi connectivity index (χ3v) is 6.02. The van der Waals surface area contributed by atoms with Gasteiger partial charge in [0.05, 0.1) is 10.7 Å². The Morgan fingerprint density at radius 3 is 2.49 bits per heavy atom. The van der Waals surface area contributed by atoms with E-state index in [9.17, 15) is 22.8 Å². The number of aromatic nitrogens is 2. The second-order valence-corrected chi connectivity index (χ2v) is 9.96. The van der Waals surface area contributed by atoms with E-state index in [0.29, 0.717) is 18.8 Å². The van der Waals surface area contributed by atoms with Gasteiger partial charge in [-0.25, -0.2) is 4.98 Å². The molecule has 0 radical (unpaired) electrons. The van der Waals surface area contributed by atoms with Crippen molar-refractivity contribution in [3.63, 3.8) is 0 Å². The summed E-state index contributed by atoms with van der Waals surface area (Å²) in [6.45, 7) is 7.08. The van der Waals surface area contributed by atoms with E-state index in [4.69, 9.17) is 11.6 Å². The van der Waals surface area contributed by atoms with Crippen molar-refractivity contribution in [1.82, 2.24) is 25.1 Å². The Morgan fingerprint density at radius 1 is 1.20 bits per heavy atom. The number of likely N-dealkylation sites (N-methyl/N-ethyl adjacent to an activating group) is 1. The molecule has 0 spiro atoms. The summed E-state index contributed by atoms with van der Waals surface area (Å²) < 4.78 is 44.3. The molecule has 2 heterocycles. The number of halogens is 4. The van der Waals surface area contributed by atoms with Gasteiger partial charge in [0.15, 0.2) is 5.69 Å². The first-order chi connectivity index (χ1) is 16.2. The van der Waals surface area contributed by atoms with Gasteiger partial charge in [-0.15, -0.1) is 13.2 Å². The molecule has 12 heteroatoms. The highest BCUT2D eigenvalue weighted by Gasteiger charge is 2.35. The number of nitrogens with zero attached hydrogens (tertiary/aromatic N) is 3. The minimum absolute atomic E-state index is 0.0881. The smallest absolute Gasteiger partial charge is 0.406 e. The molecule has 0 fully saturated rings. The molecule has 1 atom stereocenters. The van der Waals surface area contributed by atoms with Crippen LogP contribution in [0, 0.1) is 5.41 Å². The molecule has 1 aliphatic rings. The van der Waals surface area contributed by atoms with Gasteiger partial charge in [0.25, 0.3) is 5.91 Å². The Labute approximate surface area is 206 Å². The van der Waals surface area contributed by atoms with Crippen LogP contribution in [0.4, 0.5) is 13.2 Å². The first-order valence-corrected chi connectivity index (χ1v) is 11.4. The number of amides is 2. The summed E-state index contributed by atoms with van der Waals surface area (Å²) in [4.78, 5) is 32.4.